The summed E-state index contributed by atoms with van der Waals surface area (Å²) in [5.41, 5.74) is 8.80. The van der Waals surface area contributed by atoms with Crippen molar-refractivity contribution in [2.45, 2.75) is 50.9 Å². The summed E-state index contributed by atoms with van der Waals surface area (Å²) >= 11 is 0. The highest BCUT2D eigenvalue weighted by atomic mass is 16.3. The number of hydrogen-bond donors (Lipinski definition) is 1. The highest BCUT2D eigenvalue weighted by molar-refractivity contribution is 5.73. The van der Waals surface area contributed by atoms with Crippen molar-refractivity contribution in [3.05, 3.63) is 29.7 Å². The van der Waals surface area contributed by atoms with Gasteiger partial charge in [0.25, 0.3) is 0 Å². The van der Waals surface area contributed by atoms with Gasteiger partial charge in [-0.25, -0.2) is 4.98 Å². The Morgan fingerprint density at radius 3 is 2.84 bits per heavy atom. The molecule has 1 heterocycles. The second-order valence-corrected chi connectivity index (χ2v) is 5.58. The Labute approximate surface area is 114 Å². The van der Waals surface area contributed by atoms with Gasteiger partial charge in [-0.3, -0.25) is 0 Å². The van der Waals surface area contributed by atoms with Crippen molar-refractivity contribution >= 4 is 11.1 Å². The Morgan fingerprint density at radius 2 is 2.05 bits per heavy atom. The molecule has 0 spiro atoms. The molecule has 0 bridgehead atoms. The zero-order chi connectivity index (χ0) is 13.1. The molecule has 1 aromatic heterocycles. The fourth-order valence-electron chi connectivity index (χ4n) is 2.98. The first-order chi connectivity index (χ1) is 9.36. The summed E-state index contributed by atoms with van der Waals surface area (Å²) in [5, 5.41) is 0. The maximum absolute atomic E-state index is 5.93. The molecule has 2 N–H and O–H groups in total. The smallest absolute Gasteiger partial charge is 0.198 e. The van der Waals surface area contributed by atoms with Crippen LogP contribution in [0.25, 0.3) is 11.1 Å². The fourth-order valence-corrected chi connectivity index (χ4v) is 2.98. The highest BCUT2D eigenvalue weighted by Gasteiger charge is 2.20. The Morgan fingerprint density at radius 1 is 1.21 bits per heavy atom. The number of nitrogens with zero attached hydrogens (tertiary/aromatic N) is 1. The van der Waals surface area contributed by atoms with E-state index in [9.17, 15) is 0 Å². The van der Waals surface area contributed by atoms with E-state index in [2.05, 4.69) is 18.2 Å². The van der Waals surface area contributed by atoms with Gasteiger partial charge in [0.2, 0.25) is 0 Å². The molecule has 1 aliphatic rings. The van der Waals surface area contributed by atoms with E-state index in [1.54, 1.807) is 0 Å². The lowest BCUT2D eigenvalue weighted by Crippen LogP contribution is -2.04. The average molecular weight is 258 g/mol. The predicted octanol–water partition coefficient (Wildman–Crippen LogP) is 3.77. The van der Waals surface area contributed by atoms with E-state index in [0.29, 0.717) is 5.92 Å². The van der Waals surface area contributed by atoms with Crippen molar-refractivity contribution in [3.63, 3.8) is 0 Å². The number of fused-ring (bicyclic) bond motifs is 1. The maximum Gasteiger partial charge on any atom is 0.198 e. The van der Waals surface area contributed by atoms with Gasteiger partial charge in [-0.05, 0) is 49.9 Å². The highest BCUT2D eigenvalue weighted by Crippen LogP contribution is 2.33. The monoisotopic (exact) mass is 258 g/mol. The fraction of sp³-hybridized carbons (Fsp3) is 0.562. The average Bonchev–Trinajstić information content (AvgIpc) is 2.89. The zero-order valence-electron chi connectivity index (χ0n) is 11.4. The number of hydrogen-bond acceptors (Lipinski definition) is 3. The molecule has 3 heteroatoms. The molecule has 0 unspecified atom stereocenters. The van der Waals surface area contributed by atoms with Crippen LogP contribution in [-0.2, 0) is 6.42 Å². The van der Waals surface area contributed by atoms with Gasteiger partial charge in [-0.2, -0.15) is 0 Å². The van der Waals surface area contributed by atoms with Crippen LogP contribution in [0.4, 0.5) is 0 Å². The van der Waals surface area contributed by atoms with Crippen LogP contribution in [0.3, 0.4) is 0 Å². The van der Waals surface area contributed by atoms with Crippen LogP contribution in [0.1, 0.15) is 55.9 Å². The van der Waals surface area contributed by atoms with E-state index in [4.69, 9.17) is 15.1 Å². The number of nitrogens with two attached hydrogens (primary N) is 1. The zero-order valence-corrected chi connectivity index (χ0v) is 11.4. The summed E-state index contributed by atoms with van der Waals surface area (Å²) in [4.78, 5) is 4.71. The predicted molar refractivity (Wildman–Crippen MR) is 77.2 cm³/mol. The van der Waals surface area contributed by atoms with Crippen LogP contribution in [0, 0.1) is 0 Å². The lowest BCUT2D eigenvalue weighted by atomic mass is 9.89. The Kier molecular flexibility index (Phi) is 3.83. The number of benzene rings is 1. The minimum atomic E-state index is 0.536. The van der Waals surface area contributed by atoms with Gasteiger partial charge in [0.1, 0.15) is 5.52 Å². The van der Waals surface area contributed by atoms with Crippen molar-refractivity contribution in [1.29, 1.82) is 0 Å². The molecule has 0 amide bonds. The molecule has 102 valence electrons. The summed E-state index contributed by atoms with van der Waals surface area (Å²) < 4.78 is 5.93. The third kappa shape index (κ3) is 2.81. The SMILES string of the molecule is NCCCc1ccc2oc(C3CCCCC3)nc2c1. The van der Waals surface area contributed by atoms with Crippen molar-refractivity contribution in [2.24, 2.45) is 5.73 Å². The molecule has 0 atom stereocenters. The topological polar surface area (TPSA) is 52.0 Å². The second-order valence-electron chi connectivity index (χ2n) is 5.58. The first kappa shape index (κ1) is 12.7. The number of aromatic nitrogens is 1. The van der Waals surface area contributed by atoms with E-state index < -0.39 is 0 Å². The molecule has 2 aromatic rings. The van der Waals surface area contributed by atoms with E-state index in [0.717, 1.165) is 36.4 Å². The lowest BCUT2D eigenvalue weighted by Gasteiger charge is -2.17. The molecular weight excluding hydrogens is 236 g/mol. The largest absolute Gasteiger partial charge is 0.440 e. The molecule has 1 fully saturated rings. The van der Waals surface area contributed by atoms with Crippen molar-refractivity contribution in [2.75, 3.05) is 6.54 Å². The number of aryl methyl sites for hydroxylation is 1. The molecule has 1 aliphatic carbocycles. The summed E-state index contributed by atoms with van der Waals surface area (Å²) in [5.74, 6) is 1.49. The van der Waals surface area contributed by atoms with Gasteiger partial charge in [0, 0.05) is 5.92 Å². The van der Waals surface area contributed by atoms with Gasteiger partial charge in [0.05, 0.1) is 0 Å². The minimum absolute atomic E-state index is 0.536. The van der Waals surface area contributed by atoms with Crippen LogP contribution in [0.15, 0.2) is 22.6 Å². The Balaban J connectivity index is 1.83. The minimum Gasteiger partial charge on any atom is -0.440 e. The van der Waals surface area contributed by atoms with Crippen LogP contribution in [0.2, 0.25) is 0 Å². The number of rotatable bonds is 4. The summed E-state index contributed by atoms with van der Waals surface area (Å²) in [6.07, 6.45) is 8.49. The van der Waals surface area contributed by atoms with Gasteiger partial charge >= 0.3 is 0 Å². The van der Waals surface area contributed by atoms with Gasteiger partial charge < -0.3 is 10.2 Å². The standard InChI is InChI=1S/C16H22N2O/c17-10-4-5-12-8-9-15-14(11-12)18-16(19-15)13-6-2-1-3-7-13/h8-9,11,13H,1-7,10,17H2. The van der Waals surface area contributed by atoms with Gasteiger partial charge in [-0.15, -0.1) is 0 Å². The van der Waals surface area contributed by atoms with Gasteiger partial charge in [-0.1, -0.05) is 25.3 Å². The maximum atomic E-state index is 5.93. The third-order valence-corrected chi connectivity index (χ3v) is 4.09. The molecular formula is C16H22N2O. The molecule has 1 saturated carbocycles. The number of oxazole rings is 1. The Hall–Kier alpha value is -1.35. The van der Waals surface area contributed by atoms with Gasteiger partial charge in [0.15, 0.2) is 11.5 Å². The van der Waals surface area contributed by atoms with E-state index >= 15 is 0 Å². The first-order valence-electron chi connectivity index (χ1n) is 7.46. The Bertz CT molecular complexity index is 541. The summed E-state index contributed by atoms with van der Waals surface area (Å²) in [7, 11) is 0. The second kappa shape index (κ2) is 5.74. The quantitative estimate of drug-likeness (QED) is 0.908. The molecule has 0 radical (unpaired) electrons. The van der Waals surface area contributed by atoms with Crippen molar-refractivity contribution < 1.29 is 4.42 Å². The first-order valence-corrected chi connectivity index (χ1v) is 7.46. The van der Waals surface area contributed by atoms with E-state index in [1.165, 1.54) is 37.7 Å². The van der Waals surface area contributed by atoms with Crippen molar-refractivity contribution in [1.82, 2.24) is 4.98 Å². The third-order valence-electron chi connectivity index (χ3n) is 4.09. The van der Waals surface area contributed by atoms with Crippen LogP contribution >= 0.6 is 0 Å². The normalized spacial score (nSPS) is 17.1. The molecule has 0 aliphatic heterocycles. The van der Waals surface area contributed by atoms with Crippen molar-refractivity contribution in [3.8, 4) is 0 Å². The van der Waals surface area contributed by atoms with E-state index in [-0.39, 0.29) is 0 Å². The van der Waals surface area contributed by atoms with Crippen LogP contribution < -0.4 is 5.73 Å². The summed E-state index contributed by atoms with van der Waals surface area (Å²) in [6, 6.07) is 6.34. The van der Waals surface area contributed by atoms with Crippen LogP contribution in [-0.4, -0.2) is 11.5 Å². The van der Waals surface area contributed by atoms with E-state index in [1.807, 2.05) is 0 Å². The molecule has 19 heavy (non-hydrogen) atoms. The molecule has 3 rings (SSSR count). The molecule has 0 saturated heterocycles. The van der Waals surface area contributed by atoms with Crippen LogP contribution in [0.5, 0.6) is 0 Å². The summed E-state index contributed by atoms with van der Waals surface area (Å²) in [6.45, 7) is 0.740. The molecule has 1 aromatic carbocycles. The lowest BCUT2D eigenvalue weighted by molar-refractivity contribution is 0.373. The molecule has 3 nitrogen and oxygen atoms in total.